The van der Waals surface area contributed by atoms with Gasteiger partial charge >= 0.3 is 6.09 Å². The lowest BCUT2D eigenvalue weighted by Crippen LogP contribution is -2.54. The number of benzene rings is 3. The quantitative estimate of drug-likeness (QED) is 0.140. The number of nitrogens with zero attached hydrogens (tertiary/aromatic N) is 3. The molecule has 1 amide bonds. The first-order valence-corrected chi connectivity index (χ1v) is 21.5. The van der Waals surface area contributed by atoms with Crippen LogP contribution in [-0.4, -0.2) is 53.1 Å². The molecule has 8 rings (SSSR count). The van der Waals surface area contributed by atoms with E-state index in [0.29, 0.717) is 66.3 Å². The highest BCUT2D eigenvalue weighted by molar-refractivity contribution is 6.14. The molecule has 60 heavy (non-hydrogen) atoms. The lowest BCUT2D eigenvalue weighted by molar-refractivity contribution is 0.0208. The average molecular weight is 816 g/mol. The van der Waals surface area contributed by atoms with E-state index in [0.717, 1.165) is 33.6 Å². The average Bonchev–Trinajstić information content (AvgIpc) is 3.61. The largest absolute Gasteiger partial charge is 0.488 e. The third kappa shape index (κ3) is 7.14. The second kappa shape index (κ2) is 16.0. The highest BCUT2D eigenvalue weighted by Gasteiger charge is 2.63. The Hall–Kier alpha value is -5.22. The van der Waals surface area contributed by atoms with Crippen LogP contribution in [0.3, 0.4) is 0 Å². The van der Waals surface area contributed by atoms with E-state index in [2.05, 4.69) is 43.2 Å². The Labute approximate surface area is 353 Å². The number of aromatic nitrogens is 1. The van der Waals surface area contributed by atoms with Gasteiger partial charge in [0, 0.05) is 40.1 Å². The summed E-state index contributed by atoms with van der Waals surface area (Å²) in [6.45, 7) is 14.6. The summed E-state index contributed by atoms with van der Waals surface area (Å²) in [5, 5.41) is 4.51. The fraction of sp³-hybridized carbons (Fsp3) is 0.460. The van der Waals surface area contributed by atoms with Gasteiger partial charge in [0.2, 0.25) is 0 Å². The minimum absolute atomic E-state index is 0.0124. The molecule has 4 aromatic rings. The summed E-state index contributed by atoms with van der Waals surface area (Å²) in [4.78, 5) is 32.9. The molecule has 4 aliphatic carbocycles. The van der Waals surface area contributed by atoms with Crippen LogP contribution in [0.2, 0.25) is 0 Å². The molecule has 5 atom stereocenters. The lowest BCUT2D eigenvalue weighted by Gasteiger charge is -2.59. The Morgan fingerprint density at radius 1 is 1.00 bits per heavy atom. The van der Waals surface area contributed by atoms with Gasteiger partial charge in [-0.1, -0.05) is 101 Å². The molecule has 0 bridgehead atoms. The fourth-order valence-corrected chi connectivity index (χ4v) is 10.4. The topological polar surface area (TPSA) is 94.3 Å². The van der Waals surface area contributed by atoms with Crippen molar-refractivity contribution < 1.29 is 32.7 Å². The Bertz CT molecular complexity index is 2340. The molecule has 0 aliphatic heterocycles. The molecule has 0 fully saturated rings. The van der Waals surface area contributed by atoms with Crippen LogP contribution in [0.4, 0.5) is 9.18 Å². The van der Waals surface area contributed by atoms with Crippen molar-refractivity contribution in [2.45, 2.75) is 105 Å². The zero-order chi connectivity index (χ0) is 42.7. The van der Waals surface area contributed by atoms with Gasteiger partial charge in [-0.15, -0.1) is 0 Å². The Morgan fingerprint density at radius 3 is 2.22 bits per heavy atom. The molecule has 4 aliphatic rings. The van der Waals surface area contributed by atoms with Crippen molar-refractivity contribution in [1.29, 1.82) is 0 Å². The second-order valence-corrected chi connectivity index (χ2v) is 18.7. The van der Waals surface area contributed by atoms with Crippen molar-refractivity contribution in [3.63, 3.8) is 0 Å². The van der Waals surface area contributed by atoms with Gasteiger partial charge < -0.3 is 23.6 Å². The molecular formula is C50H58FN3O6. The monoisotopic (exact) mass is 815 g/mol. The lowest BCUT2D eigenvalue weighted by atomic mass is 9.44. The van der Waals surface area contributed by atoms with Gasteiger partial charge in [-0.2, -0.15) is 0 Å². The maximum Gasteiger partial charge on any atom is 0.410 e. The zero-order valence-corrected chi connectivity index (χ0v) is 36.4. The van der Waals surface area contributed by atoms with E-state index in [9.17, 15) is 4.79 Å². The molecule has 5 unspecified atom stereocenters. The summed E-state index contributed by atoms with van der Waals surface area (Å²) in [7, 11) is 4.10. The molecule has 1 heterocycles. The van der Waals surface area contributed by atoms with E-state index in [1.54, 1.807) is 4.90 Å². The number of amides is 1. The fourth-order valence-electron chi connectivity index (χ4n) is 10.4. The minimum Gasteiger partial charge on any atom is -0.488 e. The van der Waals surface area contributed by atoms with Crippen molar-refractivity contribution in [3.8, 4) is 11.6 Å². The molecule has 0 saturated carbocycles. The Kier molecular flexibility index (Phi) is 11.1. The van der Waals surface area contributed by atoms with E-state index in [1.165, 1.54) is 0 Å². The van der Waals surface area contributed by atoms with Crippen molar-refractivity contribution in [2.24, 2.45) is 23.2 Å². The number of rotatable bonds is 12. The standard InChI is InChI=1S/C50H58FN3O6/c1-10-34-36(26-54(25-29(2)3)48(56)59-49(5,6)7)42(51)35-23-33-24-38-43(53(8)9)46-39(47(52-60-46)58-28-32-19-15-12-16-20-32)30(4)50(38)22-21-37(50)40(33)44(55)41(35)45(34)57-27-31-17-13-11-14-18-31/h11-22,29-30,33,38,43H,10,23-28H2,1-9H3. The van der Waals surface area contributed by atoms with Crippen molar-refractivity contribution in [3.05, 3.63) is 134 Å². The molecule has 316 valence electrons. The SMILES string of the molecule is CCc1c(CN(CC(C)C)C(=O)OC(C)(C)C)c(F)c2c(c1OCc1ccccc1)C(=O)C1=C3C=CC34C(C)c3c(OCc5ccccc5)noc3C(N(C)C)C4CC1C2. The number of carbonyl (C=O) groups excluding carboxylic acids is 2. The first kappa shape index (κ1) is 41.5. The van der Waals surface area contributed by atoms with Gasteiger partial charge in [0.1, 0.15) is 30.4 Å². The molecule has 0 radical (unpaired) electrons. The molecule has 1 spiro atoms. The third-order valence-corrected chi connectivity index (χ3v) is 12.9. The number of fused-ring (bicyclic) bond motifs is 3. The van der Waals surface area contributed by atoms with Crippen molar-refractivity contribution >= 4 is 11.9 Å². The van der Waals surface area contributed by atoms with Gasteiger partial charge in [0.15, 0.2) is 11.5 Å². The first-order valence-electron chi connectivity index (χ1n) is 21.5. The maximum atomic E-state index is 17.7. The summed E-state index contributed by atoms with van der Waals surface area (Å²) in [5.74, 6) is 0.807. The zero-order valence-electron chi connectivity index (χ0n) is 36.4. The number of ether oxygens (including phenoxy) is 3. The molecular weight excluding hydrogens is 758 g/mol. The van der Waals surface area contributed by atoms with E-state index in [-0.39, 0.29) is 48.6 Å². The minimum atomic E-state index is -0.731. The number of hydrogen-bond acceptors (Lipinski definition) is 8. The summed E-state index contributed by atoms with van der Waals surface area (Å²) in [5.41, 5.74) is 5.04. The van der Waals surface area contributed by atoms with Crippen LogP contribution in [0, 0.1) is 29.0 Å². The molecule has 10 heteroatoms. The van der Waals surface area contributed by atoms with E-state index in [1.807, 2.05) is 102 Å². The van der Waals surface area contributed by atoms with Gasteiger partial charge in [-0.25, -0.2) is 9.18 Å². The van der Waals surface area contributed by atoms with E-state index in [4.69, 9.17) is 18.7 Å². The van der Waals surface area contributed by atoms with Gasteiger partial charge in [-0.05, 0) is 93.7 Å². The number of allylic oxidation sites excluding steroid dienone is 4. The predicted octanol–water partition coefficient (Wildman–Crippen LogP) is 10.6. The van der Waals surface area contributed by atoms with Gasteiger partial charge in [-0.3, -0.25) is 9.69 Å². The van der Waals surface area contributed by atoms with Gasteiger partial charge in [0.05, 0.1) is 23.7 Å². The van der Waals surface area contributed by atoms with Crippen LogP contribution in [0.15, 0.2) is 88.5 Å². The van der Waals surface area contributed by atoms with Crippen LogP contribution in [0.1, 0.15) is 116 Å². The van der Waals surface area contributed by atoms with E-state index >= 15 is 9.18 Å². The first-order chi connectivity index (χ1) is 28.6. The number of carbonyl (C=O) groups is 2. The van der Waals surface area contributed by atoms with Crippen LogP contribution < -0.4 is 9.47 Å². The summed E-state index contributed by atoms with van der Waals surface area (Å²) >= 11 is 0. The van der Waals surface area contributed by atoms with Crippen molar-refractivity contribution in [2.75, 3.05) is 20.6 Å². The summed E-state index contributed by atoms with van der Waals surface area (Å²) < 4.78 is 42.8. The Balaban J connectivity index is 1.25. The molecule has 1 aromatic heterocycles. The van der Waals surface area contributed by atoms with Crippen molar-refractivity contribution in [1.82, 2.24) is 15.0 Å². The van der Waals surface area contributed by atoms with Gasteiger partial charge in [0.25, 0.3) is 5.88 Å². The second-order valence-electron chi connectivity index (χ2n) is 18.7. The number of halogens is 1. The summed E-state index contributed by atoms with van der Waals surface area (Å²) in [6.07, 6.45) is 5.22. The third-order valence-electron chi connectivity index (χ3n) is 12.9. The molecule has 0 saturated heterocycles. The summed E-state index contributed by atoms with van der Waals surface area (Å²) in [6, 6.07) is 19.6. The van der Waals surface area contributed by atoms with Crippen LogP contribution in [0.5, 0.6) is 11.6 Å². The smallest absolute Gasteiger partial charge is 0.410 e. The number of hydrogen-bond donors (Lipinski definition) is 0. The highest BCUT2D eigenvalue weighted by atomic mass is 19.1. The Morgan fingerprint density at radius 2 is 1.65 bits per heavy atom. The number of Topliss-reactive ketones (excluding diaryl/α,β-unsaturated/α-hetero) is 1. The highest BCUT2D eigenvalue weighted by Crippen LogP contribution is 2.69. The van der Waals surface area contributed by atoms with Crippen LogP contribution >= 0.6 is 0 Å². The normalized spacial score (nSPS) is 22.7. The maximum absolute atomic E-state index is 17.7. The van der Waals surface area contributed by atoms with Crippen LogP contribution in [-0.2, 0) is 37.3 Å². The van der Waals surface area contributed by atoms with Crippen LogP contribution in [0.25, 0.3) is 0 Å². The van der Waals surface area contributed by atoms with E-state index < -0.39 is 22.9 Å². The molecule has 3 aromatic carbocycles. The molecule has 0 N–H and O–H groups in total. The molecule has 9 nitrogen and oxygen atoms in total. The number of ketones is 1. The predicted molar refractivity (Wildman–Crippen MR) is 228 cm³/mol.